The number of hydrogen-bond donors (Lipinski definition) is 1. The second-order valence-electron chi connectivity index (χ2n) is 5.71. The Morgan fingerprint density at radius 1 is 1.21 bits per heavy atom. The Hall–Kier alpha value is -0.830. The van der Waals surface area contributed by atoms with E-state index < -0.39 is 0 Å². The monoisotopic (exact) mass is 263 g/mol. The topological polar surface area (TPSA) is 29.9 Å². The Morgan fingerprint density at radius 2 is 2.00 bits per heavy atom. The van der Waals surface area contributed by atoms with Crippen LogP contribution in [-0.2, 0) is 25.9 Å². The third kappa shape index (κ3) is 3.82. The van der Waals surface area contributed by atoms with Crippen LogP contribution in [0.25, 0.3) is 0 Å². The SMILES string of the molecule is CCCNCc1c(CC)nn(CCC2CC2)c1CC. The van der Waals surface area contributed by atoms with E-state index in [9.17, 15) is 0 Å². The molecule has 1 N–H and O–H groups in total. The maximum atomic E-state index is 4.85. The van der Waals surface area contributed by atoms with E-state index in [-0.39, 0.29) is 0 Å². The van der Waals surface area contributed by atoms with Crippen molar-refractivity contribution in [3.8, 4) is 0 Å². The Kier molecular flexibility index (Phi) is 5.44. The summed E-state index contributed by atoms with van der Waals surface area (Å²) < 4.78 is 2.29. The predicted molar refractivity (Wildman–Crippen MR) is 80.3 cm³/mol. The van der Waals surface area contributed by atoms with Gasteiger partial charge in [0.05, 0.1) is 5.69 Å². The largest absolute Gasteiger partial charge is 0.313 e. The van der Waals surface area contributed by atoms with Crippen LogP contribution >= 0.6 is 0 Å². The van der Waals surface area contributed by atoms with E-state index in [1.165, 1.54) is 42.6 Å². The van der Waals surface area contributed by atoms with Gasteiger partial charge in [-0.1, -0.05) is 33.6 Å². The predicted octanol–water partition coefficient (Wildman–Crippen LogP) is 3.31. The number of rotatable bonds is 9. The number of hydrogen-bond acceptors (Lipinski definition) is 2. The normalized spacial score (nSPS) is 15.1. The highest BCUT2D eigenvalue weighted by molar-refractivity contribution is 5.26. The highest BCUT2D eigenvalue weighted by atomic mass is 15.3. The van der Waals surface area contributed by atoms with Gasteiger partial charge >= 0.3 is 0 Å². The Bertz CT molecular complexity index is 391. The zero-order chi connectivity index (χ0) is 13.7. The second-order valence-corrected chi connectivity index (χ2v) is 5.71. The van der Waals surface area contributed by atoms with Gasteiger partial charge in [0.1, 0.15) is 0 Å². The lowest BCUT2D eigenvalue weighted by Gasteiger charge is -2.08. The average Bonchev–Trinajstić information content (AvgIpc) is 3.19. The molecule has 3 heteroatoms. The molecule has 0 atom stereocenters. The minimum absolute atomic E-state index is 0.987. The summed E-state index contributed by atoms with van der Waals surface area (Å²) in [5.74, 6) is 0.987. The van der Waals surface area contributed by atoms with Crippen LogP contribution in [-0.4, -0.2) is 16.3 Å². The molecule has 0 aromatic carbocycles. The molecule has 0 saturated heterocycles. The molecule has 1 aliphatic carbocycles. The van der Waals surface area contributed by atoms with Crippen molar-refractivity contribution in [2.24, 2.45) is 5.92 Å². The van der Waals surface area contributed by atoms with Gasteiger partial charge in [0.2, 0.25) is 0 Å². The lowest BCUT2D eigenvalue weighted by molar-refractivity contribution is 0.524. The molecule has 19 heavy (non-hydrogen) atoms. The average molecular weight is 263 g/mol. The quantitative estimate of drug-likeness (QED) is 0.693. The summed E-state index contributed by atoms with van der Waals surface area (Å²) in [6.45, 7) is 9.90. The van der Waals surface area contributed by atoms with Crippen LogP contribution in [0.5, 0.6) is 0 Å². The van der Waals surface area contributed by atoms with Crippen LogP contribution in [0.15, 0.2) is 0 Å². The summed E-state index contributed by atoms with van der Waals surface area (Å²) in [5, 5.41) is 8.39. The summed E-state index contributed by atoms with van der Waals surface area (Å²) in [6.07, 6.45) is 7.54. The summed E-state index contributed by atoms with van der Waals surface area (Å²) in [6, 6.07) is 0. The molecule has 1 aromatic rings. The maximum Gasteiger partial charge on any atom is 0.0669 e. The fraction of sp³-hybridized carbons (Fsp3) is 0.812. The number of nitrogens with one attached hydrogen (secondary N) is 1. The lowest BCUT2D eigenvalue weighted by atomic mass is 10.1. The summed E-state index contributed by atoms with van der Waals surface area (Å²) in [5.41, 5.74) is 4.23. The van der Waals surface area contributed by atoms with Crippen molar-refractivity contribution in [1.82, 2.24) is 15.1 Å². The van der Waals surface area contributed by atoms with Gasteiger partial charge < -0.3 is 5.32 Å². The molecule has 0 aliphatic heterocycles. The number of aromatic nitrogens is 2. The molecule has 2 rings (SSSR count). The molecule has 1 heterocycles. The van der Waals surface area contributed by atoms with E-state index in [1.807, 2.05) is 0 Å². The Morgan fingerprint density at radius 3 is 2.58 bits per heavy atom. The Labute approximate surface area is 117 Å². The maximum absolute atomic E-state index is 4.85. The molecule has 0 unspecified atom stereocenters. The van der Waals surface area contributed by atoms with E-state index in [2.05, 4.69) is 30.8 Å². The van der Waals surface area contributed by atoms with Crippen molar-refractivity contribution < 1.29 is 0 Å². The van der Waals surface area contributed by atoms with E-state index in [1.54, 1.807) is 0 Å². The van der Waals surface area contributed by atoms with Crippen LogP contribution in [0.3, 0.4) is 0 Å². The smallest absolute Gasteiger partial charge is 0.0669 e. The molecule has 0 spiro atoms. The van der Waals surface area contributed by atoms with Gasteiger partial charge in [-0.05, 0) is 38.1 Å². The van der Waals surface area contributed by atoms with Crippen LogP contribution in [0.1, 0.15) is 63.4 Å². The van der Waals surface area contributed by atoms with E-state index >= 15 is 0 Å². The molecule has 0 amide bonds. The summed E-state index contributed by atoms with van der Waals surface area (Å²) >= 11 is 0. The van der Waals surface area contributed by atoms with Crippen LogP contribution in [0.4, 0.5) is 0 Å². The first kappa shape index (κ1) is 14.6. The van der Waals surface area contributed by atoms with Crippen molar-refractivity contribution in [3.05, 3.63) is 17.0 Å². The lowest BCUT2D eigenvalue weighted by Crippen LogP contribution is -2.16. The minimum Gasteiger partial charge on any atom is -0.313 e. The molecule has 1 fully saturated rings. The van der Waals surface area contributed by atoms with Crippen molar-refractivity contribution in [3.63, 3.8) is 0 Å². The van der Waals surface area contributed by atoms with Gasteiger partial charge in [0, 0.05) is 24.3 Å². The molecular weight excluding hydrogens is 234 g/mol. The standard InChI is InChI=1S/C16H29N3/c1-4-10-17-12-14-15(5-2)18-19(16(14)6-3)11-9-13-7-8-13/h13,17H,4-12H2,1-3H3. The molecular formula is C16H29N3. The van der Waals surface area contributed by atoms with Crippen LogP contribution < -0.4 is 5.32 Å². The minimum atomic E-state index is 0.987. The van der Waals surface area contributed by atoms with E-state index in [0.717, 1.165) is 38.4 Å². The molecule has 108 valence electrons. The molecule has 1 aliphatic rings. The van der Waals surface area contributed by atoms with Gasteiger partial charge in [0.15, 0.2) is 0 Å². The Balaban J connectivity index is 2.07. The van der Waals surface area contributed by atoms with Gasteiger partial charge in [-0.2, -0.15) is 5.10 Å². The van der Waals surface area contributed by atoms with E-state index in [0.29, 0.717) is 0 Å². The second kappa shape index (κ2) is 7.09. The zero-order valence-electron chi connectivity index (χ0n) is 12.8. The van der Waals surface area contributed by atoms with Crippen LogP contribution in [0.2, 0.25) is 0 Å². The summed E-state index contributed by atoms with van der Waals surface area (Å²) in [7, 11) is 0. The number of aryl methyl sites for hydroxylation is 2. The third-order valence-electron chi connectivity index (χ3n) is 4.09. The molecule has 3 nitrogen and oxygen atoms in total. The molecule has 1 aromatic heterocycles. The fourth-order valence-electron chi connectivity index (χ4n) is 2.76. The fourth-order valence-corrected chi connectivity index (χ4v) is 2.76. The van der Waals surface area contributed by atoms with Crippen molar-refractivity contribution >= 4 is 0 Å². The van der Waals surface area contributed by atoms with Gasteiger partial charge in [-0.25, -0.2) is 0 Å². The van der Waals surface area contributed by atoms with Gasteiger partial charge in [0.25, 0.3) is 0 Å². The van der Waals surface area contributed by atoms with Crippen molar-refractivity contribution in [2.75, 3.05) is 6.54 Å². The van der Waals surface area contributed by atoms with Gasteiger partial charge in [-0.3, -0.25) is 4.68 Å². The van der Waals surface area contributed by atoms with Crippen LogP contribution in [0, 0.1) is 5.92 Å². The zero-order valence-corrected chi connectivity index (χ0v) is 12.8. The molecule has 0 radical (unpaired) electrons. The molecule has 0 bridgehead atoms. The van der Waals surface area contributed by atoms with Crippen molar-refractivity contribution in [2.45, 2.75) is 72.4 Å². The molecule has 1 saturated carbocycles. The first-order valence-electron chi connectivity index (χ1n) is 8.08. The first-order chi connectivity index (χ1) is 9.30. The van der Waals surface area contributed by atoms with Crippen molar-refractivity contribution in [1.29, 1.82) is 0 Å². The highest BCUT2D eigenvalue weighted by Crippen LogP contribution is 2.33. The summed E-state index contributed by atoms with van der Waals surface area (Å²) in [4.78, 5) is 0. The third-order valence-corrected chi connectivity index (χ3v) is 4.09. The van der Waals surface area contributed by atoms with E-state index in [4.69, 9.17) is 5.10 Å². The first-order valence-corrected chi connectivity index (χ1v) is 8.08. The number of nitrogens with zero attached hydrogens (tertiary/aromatic N) is 2. The van der Waals surface area contributed by atoms with Gasteiger partial charge in [-0.15, -0.1) is 0 Å². The highest BCUT2D eigenvalue weighted by Gasteiger charge is 2.22.